The number of nitro groups is 1. The molecule has 2 aliphatic rings. The first-order valence-corrected chi connectivity index (χ1v) is 7.88. The standard InChI is InChI=1S/C14H15Cl2N3O3/c15-11-4-10(19(21)22)5-12(16)14(11)17-6-8-3-13(20)18(7-8)9-1-2-9/h4-5,8-9,17H,1-3,6-7H2/t8-/m0/s1. The van der Waals surface area contributed by atoms with Crippen LogP contribution in [-0.4, -0.2) is 34.9 Å². The molecule has 0 unspecified atom stereocenters. The minimum absolute atomic E-state index is 0.142. The summed E-state index contributed by atoms with van der Waals surface area (Å²) in [5, 5.41) is 14.3. The topological polar surface area (TPSA) is 75.5 Å². The number of benzene rings is 1. The molecular weight excluding hydrogens is 329 g/mol. The summed E-state index contributed by atoms with van der Waals surface area (Å²) in [5.74, 6) is 0.408. The van der Waals surface area contributed by atoms with Crippen molar-refractivity contribution in [2.75, 3.05) is 18.4 Å². The van der Waals surface area contributed by atoms with Crippen LogP contribution in [0.1, 0.15) is 19.3 Å². The molecule has 0 spiro atoms. The van der Waals surface area contributed by atoms with Gasteiger partial charge in [0.05, 0.1) is 20.7 Å². The third-order valence-electron chi connectivity index (χ3n) is 4.03. The fourth-order valence-corrected chi connectivity index (χ4v) is 3.37. The molecule has 2 fully saturated rings. The highest BCUT2D eigenvalue weighted by Gasteiger charge is 2.39. The quantitative estimate of drug-likeness (QED) is 0.657. The summed E-state index contributed by atoms with van der Waals surface area (Å²) >= 11 is 12.1. The second kappa shape index (κ2) is 5.93. The Morgan fingerprint density at radius 2 is 1.95 bits per heavy atom. The van der Waals surface area contributed by atoms with E-state index in [-0.39, 0.29) is 27.6 Å². The summed E-state index contributed by atoms with van der Waals surface area (Å²) in [5.41, 5.74) is 0.336. The molecule has 22 heavy (non-hydrogen) atoms. The minimum atomic E-state index is -0.537. The number of non-ortho nitro benzene ring substituents is 1. The molecule has 1 aromatic rings. The van der Waals surface area contributed by atoms with Crippen molar-refractivity contribution in [3.05, 3.63) is 32.3 Å². The molecule has 1 saturated carbocycles. The largest absolute Gasteiger partial charge is 0.382 e. The van der Waals surface area contributed by atoms with Crippen LogP contribution in [0.15, 0.2) is 12.1 Å². The van der Waals surface area contributed by atoms with Gasteiger partial charge in [-0.15, -0.1) is 0 Å². The van der Waals surface area contributed by atoms with E-state index in [4.69, 9.17) is 23.2 Å². The van der Waals surface area contributed by atoms with Crippen LogP contribution in [0.2, 0.25) is 10.0 Å². The molecule has 0 aromatic heterocycles. The molecule has 1 aromatic carbocycles. The van der Waals surface area contributed by atoms with E-state index in [1.165, 1.54) is 12.1 Å². The van der Waals surface area contributed by atoms with E-state index in [0.29, 0.717) is 24.7 Å². The molecule has 1 aliphatic carbocycles. The minimum Gasteiger partial charge on any atom is -0.382 e. The van der Waals surface area contributed by atoms with Crippen LogP contribution in [0.25, 0.3) is 0 Å². The lowest BCUT2D eigenvalue weighted by molar-refractivity contribution is -0.384. The molecule has 6 nitrogen and oxygen atoms in total. The fourth-order valence-electron chi connectivity index (χ4n) is 2.76. The van der Waals surface area contributed by atoms with Gasteiger partial charge in [0.2, 0.25) is 5.91 Å². The van der Waals surface area contributed by atoms with Crippen molar-refractivity contribution >= 4 is 40.5 Å². The monoisotopic (exact) mass is 343 g/mol. The number of anilines is 1. The maximum Gasteiger partial charge on any atom is 0.272 e. The van der Waals surface area contributed by atoms with Gasteiger partial charge in [-0.05, 0) is 12.8 Å². The van der Waals surface area contributed by atoms with Gasteiger partial charge in [0.15, 0.2) is 0 Å². The number of amides is 1. The molecule has 8 heteroatoms. The smallest absolute Gasteiger partial charge is 0.272 e. The van der Waals surface area contributed by atoms with E-state index in [9.17, 15) is 14.9 Å². The Kier molecular flexibility index (Phi) is 4.14. The van der Waals surface area contributed by atoms with Crippen LogP contribution in [0.3, 0.4) is 0 Å². The van der Waals surface area contributed by atoms with E-state index in [0.717, 1.165) is 19.4 Å². The van der Waals surface area contributed by atoms with E-state index in [1.807, 2.05) is 4.90 Å². The summed E-state index contributed by atoms with van der Waals surface area (Å²) in [4.78, 5) is 24.1. The van der Waals surface area contributed by atoms with E-state index < -0.39 is 4.92 Å². The fraction of sp³-hybridized carbons (Fsp3) is 0.500. The zero-order valence-electron chi connectivity index (χ0n) is 11.7. The lowest BCUT2D eigenvalue weighted by Gasteiger charge is -2.17. The van der Waals surface area contributed by atoms with Crippen LogP contribution in [0.5, 0.6) is 0 Å². The van der Waals surface area contributed by atoms with Crippen LogP contribution in [0, 0.1) is 16.0 Å². The summed E-state index contributed by atoms with van der Waals surface area (Å²) < 4.78 is 0. The molecule has 0 radical (unpaired) electrons. The average molecular weight is 344 g/mol. The lowest BCUT2D eigenvalue weighted by atomic mass is 10.1. The third kappa shape index (κ3) is 3.13. The van der Waals surface area contributed by atoms with Crippen molar-refractivity contribution in [3.8, 4) is 0 Å². The Morgan fingerprint density at radius 3 is 2.50 bits per heavy atom. The second-order valence-corrected chi connectivity index (χ2v) is 6.58. The Morgan fingerprint density at radius 1 is 1.32 bits per heavy atom. The number of halogens is 2. The van der Waals surface area contributed by atoms with E-state index >= 15 is 0 Å². The van der Waals surface area contributed by atoms with Crippen molar-refractivity contribution in [2.24, 2.45) is 5.92 Å². The lowest BCUT2D eigenvalue weighted by Crippen LogP contribution is -2.28. The first kappa shape index (κ1) is 15.4. The van der Waals surface area contributed by atoms with Gasteiger partial charge < -0.3 is 10.2 Å². The third-order valence-corrected chi connectivity index (χ3v) is 4.63. The molecule has 1 amide bonds. The molecule has 1 N–H and O–H groups in total. The summed E-state index contributed by atoms with van der Waals surface area (Å²) in [6, 6.07) is 2.97. The number of nitrogens with one attached hydrogen (secondary N) is 1. The highest BCUT2D eigenvalue weighted by atomic mass is 35.5. The van der Waals surface area contributed by atoms with Gasteiger partial charge in [-0.3, -0.25) is 14.9 Å². The predicted molar refractivity (Wildman–Crippen MR) is 84.4 cm³/mol. The van der Waals surface area contributed by atoms with Gasteiger partial charge in [-0.2, -0.15) is 0 Å². The number of hydrogen-bond donors (Lipinski definition) is 1. The number of likely N-dealkylation sites (tertiary alicyclic amines) is 1. The highest BCUT2D eigenvalue weighted by Crippen LogP contribution is 2.36. The maximum atomic E-state index is 11.9. The van der Waals surface area contributed by atoms with E-state index in [1.54, 1.807) is 0 Å². The number of nitrogens with zero attached hydrogens (tertiary/aromatic N) is 2. The van der Waals surface area contributed by atoms with Gasteiger partial charge in [0.25, 0.3) is 5.69 Å². The molecule has 1 saturated heterocycles. The number of nitro benzene ring substituents is 1. The Balaban J connectivity index is 1.64. The van der Waals surface area contributed by atoms with Crippen LogP contribution >= 0.6 is 23.2 Å². The van der Waals surface area contributed by atoms with Crippen molar-refractivity contribution in [1.82, 2.24) is 4.90 Å². The first-order valence-electron chi connectivity index (χ1n) is 7.12. The maximum absolute atomic E-state index is 11.9. The average Bonchev–Trinajstić information content (AvgIpc) is 3.21. The molecule has 118 valence electrons. The van der Waals surface area contributed by atoms with Crippen molar-refractivity contribution in [1.29, 1.82) is 0 Å². The number of carbonyl (C=O) groups is 1. The summed E-state index contributed by atoms with van der Waals surface area (Å²) in [7, 11) is 0. The van der Waals surface area contributed by atoms with Gasteiger partial charge in [0, 0.05) is 43.6 Å². The molecule has 0 bridgehead atoms. The van der Waals surface area contributed by atoms with E-state index in [2.05, 4.69) is 5.32 Å². The number of rotatable bonds is 5. The van der Waals surface area contributed by atoms with Crippen molar-refractivity contribution in [3.63, 3.8) is 0 Å². The Bertz CT molecular complexity index is 611. The summed E-state index contributed by atoms with van der Waals surface area (Å²) in [6.45, 7) is 1.31. The molecule has 1 heterocycles. The molecular formula is C14H15Cl2N3O3. The normalized spacial score (nSPS) is 21.3. The predicted octanol–water partition coefficient (Wildman–Crippen LogP) is 3.32. The van der Waals surface area contributed by atoms with Gasteiger partial charge in [-0.25, -0.2) is 0 Å². The zero-order valence-corrected chi connectivity index (χ0v) is 13.2. The van der Waals surface area contributed by atoms with Crippen LogP contribution in [-0.2, 0) is 4.79 Å². The Hall–Kier alpha value is -1.53. The second-order valence-electron chi connectivity index (χ2n) is 5.77. The van der Waals surface area contributed by atoms with Crippen molar-refractivity contribution in [2.45, 2.75) is 25.3 Å². The molecule has 1 aliphatic heterocycles. The summed E-state index contributed by atoms with van der Waals surface area (Å²) in [6.07, 6.45) is 2.73. The van der Waals surface area contributed by atoms with Gasteiger partial charge in [0.1, 0.15) is 0 Å². The number of carbonyl (C=O) groups excluding carboxylic acids is 1. The number of hydrogen-bond acceptors (Lipinski definition) is 4. The SMILES string of the molecule is O=C1C[C@@H](CNc2c(Cl)cc([N+](=O)[O-])cc2Cl)CN1C1CC1. The van der Waals surface area contributed by atoms with Crippen LogP contribution < -0.4 is 5.32 Å². The van der Waals surface area contributed by atoms with Crippen LogP contribution in [0.4, 0.5) is 11.4 Å². The Labute approximate surface area is 137 Å². The zero-order chi connectivity index (χ0) is 15.9. The van der Waals surface area contributed by atoms with Crippen molar-refractivity contribution < 1.29 is 9.72 Å². The van der Waals surface area contributed by atoms with Gasteiger partial charge >= 0.3 is 0 Å². The highest BCUT2D eigenvalue weighted by molar-refractivity contribution is 6.39. The first-order chi connectivity index (χ1) is 10.5. The molecule has 1 atom stereocenters. The van der Waals surface area contributed by atoms with Gasteiger partial charge in [-0.1, -0.05) is 23.2 Å². The molecule has 3 rings (SSSR count).